The highest BCUT2D eigenvalue weighted by atomic mass is 16.5. The lowest BCUT2D eigenvalue weighted by Crippen LogP contribution is -2.24. The third-order valence-electron chi connectivity index (χ3n) is 3.83. The Bertz CT molecular complexity index is 325. The highest BCUT2D eigenvalue weighted by Gasteiger charge is 2.14. The van der Waals surface area contributed by atoms with Crippen LogP contribution in [0.25, 0.3) is 0 Å². The zero-order valence-corrected chi connectivity index (χ0v) is 13.4. The van der Waals surface area contributed by atoms with Gasteiger partial charge in [-0.1, -0.05) is 70.4 Å². The van der Waals surface area contributed by atoms with E-state index in [1.807, 2.05) is 0 Å². The molecule has 0 aromatic heterocycles. The first-order valence-electron chi connectivity index (χ1n) is 8.19. The van der Waals surface area contributed by atoms with E-state index in [4.69, 9.17) is 4.74 Å². The number of hydrogen-bond acceptors (Lipinski definition) is 2. The third-order valence-corrected chi connectivity index (χ3v) is 3.83. The molecule has 0 heterocycles. The zero-order chi connectivity index (χ0) is 14.6. The monoisotopic (exact) mass is 277 g/mol. The maximum absolute atomic E-state index is 6.22. The first kappa shape index (κ1) is 17.2. The number of hydrogen-bond donors (Lipinski definition) is 1. The second kappa shape index (κ2) is 10.9. The number of nitrogens with one attached hydrogen (secondary N) is 1. The number of benzene rings is 1. The minimum absolute atomic E-state index is 0.173. The van der Waals surface area contributed by atoms with Gasteiger partial charge in [0.2, 0.25) is 0 Å². The standard InChI is InChI=1S/C18H31NO/c1-4-7-11-16(5-2)15-20-18(14-19-6-3)17-12-9-8-10-13-17/h8-10,12-13,16,18-19H,4-7,11,14-15H2,1-3H3. The molecule has 1 aromatic carbocycles. The fourth-order valence-corrected chi connectivity index (χ4v) is 2.37. The molecule has 0 spiro atoms. The van der Waals surface area contributed by atoms with E-state index in [9.17, 15) is 0 Å². The highest BCUT2D eigenvalue weighted by molar-refractivity contribution is 5.17. The first-order valence-corrected chi connectivity index (χ1v) is 8.19. The topological polar surface area (TPSA) is 21.3 Å². The molecule has 2 heteroatoms. The lowest BCUT2D eigenvalue weighted by atomic mass is 10.0. The van der Waals surface area contributed by atoms with Gasteiger partial charge in [-0.15, -0.1) is 0 Å². The Morgan fingerprint density at radius 1 is 1.10 bits per heavy atom. The van der Waals surface area contributed by atoms with E-state index < -0.39 is 0 Å². The van der Waals surface area contributed by atoms with Crippen LogP contribution in [0.2, 0.25) is 0 Å². The van der Waals surface area contributed by atoms with Gasteiger partial charge in [0.25, 0.3) is 0 Å². The van der Waals surface area contributed by atoms with Crippen molar-refractivity contribution in [3.8, 4) is 0 Å². The average Bonchev–Trinajstić information content (AvgIpc) is 2.51. The van der Waals surface area contributed by atoms with Crippen molar-refractivity contribution < 1.29 is 4.74 Å². The Hall–Kier alpha value is -0.860. The predicted molar refractivity (Wildman–Crippen MR) is 87.0 cm³/mol. The summed E-state index contributed by atoms with van der Waals surface area (Å²) in [6.07, 6.45) is 5.26. The fourth-order valence-electron chi connectivity index (χ4n) is 2.37. The fraction of sp³-hybridized carbons (Fsp3) is 0.667. The van der Waals surface area contributed by atoms with Crippen LogP contribution in [0.5, 0.6) is 0 Å². The Morgan fingerprint density at radius 2 is 1.85 bits per heavy atom. The summed E-state index contributed by atoms with van der Waals surface area (Å²) in [5.41, 5.74) is 1.28. The summed E-state index contributed by atoms with van der Waals surface area (Å²) in [5.74, 6) is 0.697. The summed E-state index contributed by atoms with van der Waals surface area (Å²) in [5, 5.41) is 3.41. The Kier molecular flexibility index (Phi) is 9.35. The van der Waals surface area contributed by atoms with Gasteiger partial charge >= 0.3 is 0 Å². The molecule has 1 N–H and O–H groups in total. The van der Waals surface area contributed by atoms with Gasteiger partial charge in [-0.05, 0) is 24.4 Å². The van der Waals surface area contributed by atoms with Gasteiger partial charge < -0.3 is 10.1 Å². The summed E-state index contributed by atoms with van der Waals surface area (Å²) < 4.78 is 6.22. The molecule has 1 aromatic rings. The number of likely N-dealkylation sites (N-methyl/N-ethyl adjacent to an activating group) is 1. The predicted octanol–water partition coefficient (Wildman–Crippen LogP) is 4.57. The molecule has 20 heavy (non-hydrogen) atoms. The van der Waals surface area contributed by atoms with Gasteiger partial charge in [-0.25, -0.2) is 0 Å². The minimum Gasteiger partial charge on any atom is -0.372 e. The molecule has 2 nitrogen and oxygen atoms in total. The van der Waals surface area contributed by atoms with Crippen molar-refractivity contribution in [2.75, 3.05) is 19.7 Å². The van der Waals surface area contributed by atoms with Gasteiger partial charge in [0.1, 0.15) is 0 Å². The van der Waals surface area contributed by atoms with E-state index in [0.29, 0.717) is 5.92 Å². The molecule has 0 amide bonds. The van der Waals surface area contributed by atoms with Crippen LogP contribution in [-0.2, 0) is 4.74 Å². The van der Waals surface area contributed by atoms with Gasteiger partial charge in [0, 0.05) is 6.54 Å². The summed E-state index contributed by atoms with van der Waals surface area (Å²) in [4.78, 5) is 0. The number of unbranched alkanes of at least 4 members (excludes halogenated alkanes) is 1. The van der Waals surface area contributed by atoms with Crippen LogP contribution in [-0.4, -0.2) is 19.7 Å². The molecule has 0 aliphatic rings. The van der Waals surface area contributed by atoms with Gasteiger partial charge in [0.05, 0.1) is 12.7 Å². The Labute approximate surface area is 124 Å². The van der Waals surface area contributed by atoms with Crippen molar-refractivity contribution in [1.29, 1.82) is 0 Å². The smallest absolute Gasteiger partial charge is 0.0949 e. The van der Waals surface area contributed by atoms with Crippen molar-refractivity contribution in [3.05, 3.63) is 35.9 Å². The molecular weight excluding hydrogens is 246 g/mol. The number of ether oxygens (including phenoxy) is 1. The van der Waals surface area contributed by atoms with Crippen LogP contribution < -0.4 is 5.32 Å². The average molecular weight is 277 g/mol. The second-order valence-corrected chi connectivity index (χ2v) is 5.46. The summed E-state index contributed by atoms with van der Waals surface area (Å²) in [6, 6.07) is 10.6. The zero-order valence-electron chi connectivity index (χ0n) is 13.4. The van der Waals surface area contributed by atoms with Gasteiger partial charge in [-0.3, -0.25) is 0 Å². The van der Waals surface area contributed by atoms with E-state index >= 15 is 0 Å². The minimum atomic E-state index is 0.173. The lowest BCUT2D eigenvalue weighted by molar-refractivity contribution is 0.0252. The highest BCUT2D eigenvalue weighted by Crippen LogP contribution is 2.20. The Morgan fingerprint density at radius 3 is 2.45 bits per heavy atom. The molecule has 0 saturated carbocycles. The molecule has 0 bridgehead atoms. The molecule has 2 atom stereocenters. The van der Waals surface area contributed by atoms with E-state index in [1.54, 1.807) is 0 Å². The van der Waals surface area contributed by atoms with Crippen molar-refractivity contribution >= 4 is 0 Å². The first-order chi connectivity index (χ1) is 9.81. The van der Waals surface area contributed by atoms with E-state index in [2.05, 4.69) is 56.4 Å². The molecule has 114 valence electrons. The maximum atomic E-state index is 6.22. The van der Waals surface area contributed by atoms with Crippen molar-refractivity contribution in [1.82, 2.24) is 5.32 Å². The van der Waals surface area contributed by atoms with Crippen LogP contribution in [0.3, 0.4) is 0 Å². The maximum Gasteiger partial charge on any atom is 0.0949 e. The summed E-state index contributed by atoms with van der Waals surface area (Å²) >= 11 is 0. The summed E-state index contributed by atoms with van der Waals surface area (Å²) in [6.45, 7) is 9.42. The SMILES string of the molecule is CCCCC(CC)COC(CNCC)c1ccccc1. The summed E-state index contributed by atoms with van der Waals surface area (Å²) in [7, 11) is 0. The molecule has 0 aliphatic heterocycles. The lowest BCUT2D eigenvalue weighted by Gasteiger charge is -2.22. The van der Waals surface area contributed by atoms with E-state index in [0.717, 1.165) is 19.7 Å². The van der Waals surface area contributed by atoms with Crippen LogP contribution >= 0.6 is 0 Å². The molecular formula is C18H31NO. The molecule has 0 aliphatic carbocycles. The van der Waals surface area contributed by atoms with Crippen molar-refractivity contribution in [2.45, 2.75) is 52.6 Å². The Balaban J connectivity index is 2.51. The molecule has 2 unspecified atom stereocenters. The molecule has 0 radical (unpaired) electrons. The van der Waals surface area contributed by atoms with E-state index in [-0.39, 0.29) is 6.10 Å². The van der Waals surface area contributed by atoms with E-state index in [1.165, 1.54) is 31.2 Å². The van der Waals surface area contributed by atoms with Gasteiger partial charge in [-0.2, -0.15) is 0 Å². The van der Waals surface area contributed by atoms with Crippen LogP contribution in [0.1, 0.15) is 58.1 Å². The molecule has 1 rings (SSSR count). The van der Waals surface area contributed by atoms with Crippen molar-refractivity contribution in [2.24, 2.45) is 5.92 Å². The van der Waals surface area contributed by atoms with Crippen LogP contribution in [0, 0.1) is 5.92 Å². The third kappa shape index (κ3) is 6.53. The van der Waals surface area contributed by atoms with Crippen LogP contribution in [0.15, 0.2) is 30.3 Å². The molecule has 0 fully saturated rings. The van der Waals surface area contributed by atoms with Gasteiger partial charge in [0.15, 0.2) is 0 Å². The largest absolute Gasteiger partial charge is 0.372 e. The van der Waals surface area contributed by atoms with Crippen molar-refractivity contribution in [3.63, 3.8) is 0 Å². The number of rotatable bonds is 11. The normalized spacial score (nSPS) is 14.2. The molecule has 0 saturated heterocycles. The quantitative estimate of drug-likeness (QED) is 0.639. The second-order valence-electron chi connectivity index (χ2n) is 5.46. The van der Waals surface area contributed by atoms with Crippen LogP contribution in [0.4, 0.5) is 0 Å².